The van der Waals surface area contributed by atoms with E-state index in [4.69, 9.17) is 5.73 Å². The van der Waals surface area contributed by atoms with Crippen LogP contribution in [0.1, 0.15) is 30.1 Å². The molecule has 0 saturated carbocycles. The molecule has 1 aliphatic rings. The molecule has 1 heterocycles. The molecule has 0 bridgehead atoms. The number of carbonyl (C=O) groups excluding carboxylic acids is 1. The summed E-state index contributed by atoms with van der Waals surface area (Å²) in [6.07, 6.45) is 2.40. The molecule has 1 aromatic rings. The van der Waals surface area contributed by atoms with E-state index in [2.05, 4.69) is 12.2 Å². The van der Waals surface area contributed by atoms with Crippen LogP contribution in [0.3, 0.4) is 0 Å². The Morgan fingerprint density at radius 1 is 1.50 bits per heavy atom. The second kappa shape index (κ2) is 5.95. The third-order valence-corrected chi connectivity index (χ3v) is 5.21. The molecule has 1 unspecified atom stereocenters. The molecular formula is C15H23N3OS. The van der Waals surface area contributed by atoms with E-state index in [0.29, 0.717) is 17.8 Å². The summed E-state index contributed by atoms with van der Waals surface area (Å²) in [7, 11) is 3.85. The maximum atomic E-state index is 12.4. The molecular weight excluding hydrogens is 270 g/mol. The van der Waals surface area contributed by atoms with Gasteiger partial charge < -0.3 is 16.0 Å². The SMILES string of the molecule is CN(C)c1ccc(N)cc1C(=O)NCC1(C)CCCS1. The highest BCUT2D eigenvalue weighted by atomic mass is 32.2. The average Bonchev–Trinajstić information content (AvgIpc) is 2.83. The van der Waals surface area contributed by atoms with Crippen LogP contribution in [0.15, 0.2) is 18.2 Å². The van der Waals surface area contributed by atoms with Crippen molar-refractivity contribution in [1.29, 1.82) is 0 Å². The molecule has 1 aromatic carbocycles. The predicted octanol–water partition coefficient (Wildman–Crippen LogP) is 2.35. The lowest BCUT2D eigenvalue weighted by Crippen LogP contribution is -2.37. The minimum atomic E-state index is -0.0466. The van der Waals surface area contributed by atoms with Gasteiger partial charge in [-0.1, -0.05) is 0 Å². The Bertz CT molecular complexity index is 496. The molecule has 1 fully saturated rings. The standard InChI is InChI=1S/C15H23N3OS/c1-15(7-4-8-20-15)10-17-14(19)12-9-11(16)5-6-13(12)18(2)3/h5-6,9H,4,7-8,10,16H2,1-3H3,(H,17,19). The third-order valence-electron chi connectivity index (χ3n) is 3.67. The van der Waals surface area contributed by atoms with E-state index in [1.165, 1.54) is 12.2 Å². The zero-order chi connectivity index (χ0) is 14.8. The number of anilines is 2. The van der Waals surface area contributed by atoms with Crippen LogP contribution >= 0.6 is 11.8 Å². The van der Waals surface area contributed by atoms with Gasteiger partial charge in [0.05, 0.1) is 5.56 Å². The van der Waals surface area contributed by atoms with E-state index >= 15 is 0 Å². The van der Waals surface area contributed by atoms with Crippen molar-refractivity contribution in [2.24, 2.45) is 0 Å². The van der Waals surface area contributed by atoms with Crippen molar-refractivity contribution in [2.45, 2.75) is 24.5 Å². The van der Waals surface area contributed by atoms with Gasteiger partial charge >= 0.3 is 0 Å². The zero-order valence-electron chi connectivity index (χ0n) is 12.4. The first-order valence-electron chi connectivity index (χ1n) is 6.90. The van der Waals surface area contributed by atoms with Crippen LogP contribution in [0.5, 0.6) is 0 Å². The van der Waals surface area contributed by atoms with E-state index < -0.39 is 0 Å². The molecule has 1 aliphatic heterocycles. The number of hydrogen-bond donors (Lipinski definition) is 2. The number of nitrogen functional groups attached to an aromatic ring is 1. The molecule has 3 N–H and O–H groups in total. The second-order valence-electron chi connectivity index (χ2n) is 5.76. The maximum absolute atomic E-state index is 12.4. The van der Waals surface area contributed by atoms with Gasteiger partial charge in [0.2, 0.25) is 0 Å². The highest BCUT2D eigenvalue weighted by molar-refractivity contribution is 8.00. The Labute approximate surface area is 125 Å². The second-order valence-corrected chi connectivity index (χ2v) is 7.44. The van der Waals surface area contributed by atoms with Gasteiger partial charge in [0.1, 0.15) is 0 Å². The Morgan fingerprint density at radius 3 is 2.85 bits per heavy atom. The monoisotopic (exact) mass is 293 g/mol. The lowest BCUT2D eigenvalue weighted by atomic mass is 10.1. The summed E-state index contributed by atoms with van der Waals surface area (Å²) in [5, 5.41) is 3.06. The van der Waals surface area contributed by atoms with Gasteiger partial charge in [-0.15, -0.1) is 0 Å². The number of benzene rings is 1. The summed E-state index contributed by atoms with van der Waals surface area (Å²) in [6, 6.07) is 5.45. The highest BCUT2D eigenvalue weighted by Crippen LogP contribution is 2.37. The van der Waals surface area contributed by atoms with Crippen molar-refractivity contribution in [3.05, 3.63) is 23.8 Å². The first-order valence-corrected chi connectivity index (χ1v) is 7.89. The van der Waals surface area contributed by atoms with Crippen LogP contribution in [0.25, 0.3) is 0 Å². The molecule has 0 spiro atoms. The minimum absolute atomic E-state index is 0.0466. The molecule has 0 aliphatic carbocycles. The molecule has 5 heteroatoms. The van der Waals surface area contributed by atoms with Crippen LogP contribution < -0.4 is 16.0 Å². The van der Waals surface area contributed by atoms with E-state index in [-0.39, 0.29) is 10.7 Å². The smallest absolute Gasteiger partial charge is 0.253 e. The zero-order valence-corrected chi connectivity index (χ0v) is 13.2. The van der Waals surface area contributed by atoms with Crippen molar-refractivity contribution in [1.82, 2.24) is 5.32 Å². The number of thioether (sulfide) groups is 1. The number of rotatable bonds is 4. The summed E-state index contributed by atoms with van der Waals surface area (Å²) in [5.41, 5.74) is 7.95. The van der Waals surface area contributed by atoms with E-state index in [9.17, 15) is 4.79 Å². The number of amides is 1. The molecule has 2 rings (SSSR count). The first kappa shape index (κ1) is 15.0. The number of nitrogens with one attached hydrogen (secondary N) is 1. The Morgan fingerprint density at radius 2 is 2.25 bits per heavy atom. The molecule has 0 radical (unpaired) electrons. The average molecular weight is 293 g/mol. The van der Waals surface area contributed by atoms with Crippen LogP contribution in [0.4, 0.5) is 11.4 Å². The molecule has 110 valence electrons. The predicted molar refractivity (Wildman–Crippen MR) is 87.6 cm³/mol. The van der Waals surface area contributed by atoms with Gasteiger partial charge in [-0.2, -0.15) is 11.8 Å². The summed E-state index contributed by atoms with van der Waals surface area (Å²) < 4.78 is 0.175. The normalized spacial score (nSPS) is 21.8. The summed E-state index contributed by atoms with van der Waals surface area (Å²) in [4.78, 5) is 14.3. The van der Waals surface area contributed by atoms with Crippen molar-refractivity contribution in [3.8, 4) is 0 Å². The fraction of sp³-hybridized carbons (Fsp3) is 0.533. The van der Waals surface area contributed by atoms with Crippen molar-refractivity contribution >= 4 is 29.0 Å². The van der Waals surface area contributed by atoms with Crippen LogP contribution in [-0.4, -0.2) is 37.0 Å². The Hall–Kier alpha value is -1.36. The van der Waals surface area contributed by atoms with Crippen LogP contribution in [0.2, 0.25) is 0 Å². The summed E-state index contributed by atoms with van der Waals surface area (Å²) in [6.45, 7) is 2.93. The minimum Gasteiger partial charge on any atom is -0.399 e. The first-order chi connectivity index (χ1) is 9.41. The molecule has 1 amide bonds. The van der Waals surface area contributed by atoms with Gasteiger partial charge in [0, 0.05) is 36.8 Å². The molecule has 0 aromatic heterocycles. The van der Waals surface area contributed by atoms with E-state index in [0.717, 1.165) is 12.1 Å². The largest absolute Gasteiger partial charge is 0.399 e. The van der Waals surface area contributed by atoms with Crippen molar-refractivity contribution in [3.63, 3.8) is 0 Å². The molecule has 20 heavy (non-hydrogen) atoms. The Balaban J connectivity index is 2.10. The lowest BCUT2D eigenvalue weighted by Gasteiger charge is -2.24. The van der Waals surface area contributed by atoms with E-state index in [1.807, 2.05) is 42.9 Å². The van der Waals surface area contributed by atoms with Crippen molar-refractivity contribution < 1.29 is 4.79 Å². The van der Waals surface area contributed by atoms with Gasteiger partial charge in [0.15, 0.2) is 0 Å². The number of nitrogens with zero attached hydrogens (tertiary/aromatic N) is 1. The Kier molecular flexibility index (Phi) is 4.48. The van der Waals surface area contributed by atoms with Crippen LogP contribution in [-0.2, 0) is 0 Å². The highest BCUT2D eigenvalue weighted by Gasteiger charge is 2.30. The quantitative estimate of drug-likeness (QED) is 0.837. The topological polar surface area (TPSA) is 58.4 Å². The summed E-state index contributed by atoms with van der Waals surface area (Å²) in [5.74, 6) is 1.14. The van der Waals surface area contributed by atoms with Gasteiger partial charge in [0.25, 0.3) is 5.91 Å². The fourth-order valence-electron chi connectivity index (χ4n) is 2.46. The number of nitrogens with two attached hydrogens (primary N) is 1. The number of carbonyl (C=O) groups is 1. The molecule has 1 atom stereocenters. The summed E-state index contributed by atoms with van der Waals surface area (Å²) >= 11 is 1.95. The van der Waals surface area contributed by atoms with Crippen LogP contribution in [0, 0.1) is 0 Å². The van der Waals surface area contributed by atoms with Crippen molar-refractivity contribution in [2.75, 3.05) is 37.0 Å². The van der Waals surface area contributed by atoms with Gasteiger partial charge in [-0.3, -0.25) is 4.79 Å². The fourth-order valence-corrected chi connectivity index (χ4v) is 3.71. The maximum Gasteiger partial charge on any atom is 0.253 e. The van der Waals surface area contributed by atoms with E-state index in [1.54, 1.807) is 6.07 Å². The number of hydrogen-bond acceptors (Lipinski definition) is 4. The van der Waals surface area contributed by atoms with Gasteiger partial charge in [-0.25, -0.2) is 0 Å². The molecule has 1 saturated heterocycles. The third kappa shape index (κ3) is 3.39. The lowest BCUT2D eigenvalue weighted by molar-refractivity contribution is 0.0950. The van der Waals surface area contributed by atoms with Gasteiger partial charge in [-0.05, 0) is 43.7 Å². The molecule has 4 nitrogen and oxygen atoms in total.